The second kappa shape index (κ2) is 54.0. The van der Waals surface area contributed by atoms with Crippen molar-refractivity contribution in [2.24, 2.45) is 28.7 Å². The number of primary amides is 1. The summed E-state index contributed by atoms with van der Waals surface area (Å²) in [5, 5.41) is 114. The van der Waals surface area contributed by atoms with Gasteiger partial charge in [0, 0.05) is 33.1 Å². The Bertz CT molecular complexity index is 3760. The average molecular weight is 1710 g/mol. The summed E-state index contributed by atoms with van der Waals surface area (Å²) in [7, 11) is 0. The molecule has 0 saturated heterocycles. The lowest BCUT2D eigenvalue weighted by atomic mass is 10.1. The summed E-state index contributed by atoms with van der Waals surface area (Å²) >= 11 is 0. The SMILES string of the molecule is CC(=O)NC(CCCNC(=N)N)C(=O)NC(C)C(=O)NC(CC(=O)O)C(=O)NC(C)C(=O)NC(CCCNC(=N)N)C(=O)NC(C)C(=O)NC(CC(=O)O)C(=O)NC(C)C(=O)NC(CCCNC(=N)N)C(=O)NC(C)C(=O)NC(CC(=O)O)C(=O)NC(C)C(=O)NC(CCCNC(=N)N)C(=O)NC(C)C(=O)NC(CC(=O)O)C(=O)NC(C)C(N)=O. The predicted molar refractivity (Wildman–Crippen MR) is 417 cm³/mol. The third kappa shape index (κ3) is 44.2. The molecule has 54 nitrogen and oxygen atoms in total. The van der Waals surface area contributed by atoms with Gasteiger partial charge >= 0.3 is 23.9 Å². The van der Waals surface area contributed by atoms with E-state index < -0.39 is 265 Å². The molecule has 0 aromatic rings. The Morgan fingerprint density at radius 2 is 0.383 bits per heavy atom. The number of guanidine groups is 4. The van der Waals surface area contributed by atoms with E-state index in [2.05, 4.69) is 106 Å². The van der Waals surface area contributed by atoms with E-state index in [-0.39, 0.29) is 83.5 Å². The predicted octanol–water partition coefficient (Wildman–Crippen LogP) is -13.6. The zero-order valence-corrected chi connectivity index (χ0v) is 67.3. The van der Waals surface area contributed by atoms with Gasteiger partial charge in [-0.2, -0.15) is 0 Å². The maximum atomic E-state index is 14.0. The molecular weight excluding hydrogens is 1600 g/mol. The minimum Gasteiger partial charge on any atom is -0.481 e. The minimum absolute atomic E-state index is 0.000575. The van der Waals surface area contributed by atoms with Gasteiger partial charge in [-0.25, -0.2) is 0 Å². The Morgan fingerprint density at radius 3 is 0.533 bits per heavy atom. The van der Waals surface area contributed by atoms with E-state index in [4.69, 9.17) is 50.3 Å². The molecule has 16 atom stereocenters. The first-order valence-corrected chi connectivity index (χ1v) is 37.1. The number of nitrogens with two attached hydrogens (primary N) is 5. The normalized spacial score (nSPS) is 14.7. The third-order valence-electron chi connectivity index (χ3n) is 16.6. The molecule has 672 valence electrons. The molecule has 0 bridgehead atoms. The quantitative estimate of drug-likeness (QED) is 0.0153. The van der Waals surface area contributed by atoms with Crippen LogP contribution in [0.3, 0.4) is 0 Å². The summed E-state index contributed by atoms with van der Waals surface area (Å²) in [5.41, 5.74) is 26.5. The molecule has 0 spiro atoms. The molecule has 0 aliphatic carbocycles. The molecule has 16 unspecified atom stereocenters. The topological polar surface area (TPSA) is 905 Å². The average Bonchev–Trinajstić information content (AvgIpc) is 0.864. The van der Waals surface area contributed by atoms with E-state index in [1.54, 1.807) is 0 Å². The van der Waals surface area contributed by atoms with Crippen molar-refractivity contribution in [3.05, 3.63) is 0 Å². The fourth-order valence-electron chi connectivity index (χ4n) is 10.1. The fourth-order valence-corrected chi connectivity index (χ4v) is 10.1. The van der Waals surface area contributed by atoms with E-state index in [0.29, 0.717) is 0 Å². The van der Waals surface area contributed by atoms with Crippen LogP contribution in [0.1, 0.15) is 139 Å². The first kappa shape index (κ1) is 106. The van der Waals surface area contributed by atoms with Gasteiger partial charge in [-0.15, -0.1) is 0 Å². The molecule has 0 rings (SSSR count). The molecule has 0 fully saturated rings. The monoisotopic (exact) mass is 1710 g/mol. The first-order valence-electron chi connectivity index (χ1n) is 37.1. The second-order valence-corrected chi connectivity index (χ2v) is 27.2. The fraction of sp³-hybridized carbons (Fsp3) is 0.621. The van der Waals surface area contributed by atoms with Gasteiger partial charge in [0.1, 0.15) is 96.7 Å². The van der Waals surface area contributed by atoms with Gasteiger partial charge in [-0.05, 0) is 107 Å². The van der Waals surface area contributed by atoms with Crippen LogP contribution in [0.5, 0.6) is 0 Å². The van der Waals surface area contributed by atoms with Gasteiger partial charge in [-0.3, -0.25) is 122 Å². The molecule has 0 heterocycles. The van der Waals surface area contributed by atoms with Crippen molar-refractivity contribution in [3.8, 4) is 0 Å². The van der Waals surface area contributed by atoms with E-state index >= 15 is 0 Å². The third-order valence-corrected chi connectivity index (χ3v) is 16.6. The number of carbonyl (C=O) groups is 21. The largest absolute Gasteiger partial charge is 0.481 e. The molecule has 0 saturated carbocycles. The highest BCUT2D eigenvalue weighted by Gasteiger charge is 2.38. The Labute approximate surface area is 685 Å². The van der Waals surface area contributed by atoms with Crippen LogP contribution in [0, 0.1) is 21.6 Å². The van der Waals surface area contributed by atoms with Crippen LogP contribution in [0.25, 0.3) is 0 Å². The van der Waals surface area contributed by atoms with Gasteiger partial charge in [-0.1, -0.05) is 0 Å². The number of rotatable bonds is 56. The zero-order chi connectivity index (χ0) is 92.1. The number of carboxylic acids is 4. The Kier molecular flexibility index (Phi) is 47.7. The molecule has 0 aromatic heterocycles. The van der Waals surface area contributed by atoms with Crippen molar-refractivity contribution in [2.45, 2.75) is 236 Å². The summed E-state index contributed by atoms with van der Waals surface area (Å²) in [4.78, 5) is 274. The smallest absolute Gasteiger partial charge is 0.305 e. The van der Waals surface area contributed by atoms with Crippen molar-refractivity contribution in [3.63, 3.8) is 0 Å². The molecule has 54 heteroatoms. The van der Waals surface area contributed by atoms with E-state index in [1.165, 1.54) is 13.8 Å². The number of carboxylic acid groups (broad SMARTS) is 4. The van der Waals surface area contributed by atoms with Crippen molar-refractivity contribution in [2.75, 3.05) is 26.2 Å². The number of hydrogen-bond donors (Lipinski definition) is 33. The molecule has 17 amide bonds. The number of hydrogen-bond acceptors (Lipinski definition) is 25. The Balaban J connectivity index is 6.55. The van der Waals surface area contributed by atoms with Crippen molar-refractivity contribution in [1.82, 2.24) is 106 Å². The van der Waals surface area contributed by atoms with Crippen molar-refractivity contribution >= 4 is 148 Å². The standard InChI is InChI=1S/C66H113N29O25/c1-26(47(67)105)80-59(117)39(22-43(97)98)92-52(110)31(6)82-56(114)36(15-11-19-77-64(70)71)89-49(107)28(3)86-61(119)41(24-45(101)102)94-54(112)33(8)84-58(116)38(17-13-21-79-66(74)75)91-50(108)29(4)87-62(120)42(25-46(103)104)95-53(111)32(7)83-57(115)37(16-12-20-78-65(72)73)90-48(106)27(2)85-60(118)40(23-44(99)100)93-51(109)30(5)81-55(113)35(88-34(9)96)14-10-18-76-63(68)69/h26-33,35-42H,10-25H2,1-9H3,(H2,67,105)(H,80,117)(H,81,113)(H,82,114)(H,83,115)(H,84,116)(H,85,118)(H,86,119)(H,87,120)(H,88,96)(H,89,107)(H,90,106)(H,91,108)(H,92,110)(H,93,109)(H,94,112)(H,95,111)(H,97,98)(H,99,100)(H,101,102)(H,103,104)(H4,68,69,76)(H4,70,71,77)(H4,72,73,78)(H4,74,75,79). The van der Waals surface area contributed by atoms with Gasteiger partial charge in [0.25, 0.3) is 0 Å². The van der Waals surface area contributed by atoms with Gasteiger partial charge in [0.15, 0.2) is 23.8 Å². The highest BCUT2D eigenvalue weighted by atomic mass is 16.4. The second-order valence-electron chi connectivity index (χ2n) is 27.2. The highest BCUT2D eigenvalue weighted by molar-refractivity contribution is 6.02. The van der Waals surface area contributed by atoms with Crippen LogP contribution in [-0.2, 0) is 101 Å². The highest BCUT2D eigenvalue weighted by Crippen LogP contribution is 2.09. The Morgan fingerprint density at radius 1 is 0.233 bits per heavy atom. The van der Waals surface area contributed by atoms with Crippen LogP contribution in [0.4, 0.5) is 0 Å². The van der Waals surface area contributed by atoms with Gasteiger partial charge < -0.3 is 155 Å². The van der Waals surface area contributed by atoms with Crippen LogP contribution < -0.4 is 135 Å². The number of carbonyl (C=O) groups excluding carboxylic acids is 17. The summed E-state index contributed by atoms with van der Waals surface area (Å²) in [6.07, 6.45) is -5.11. The summed E-state index contributed by atoms with van der Waals surface area (Å²) < 4.78 is 0. The molecule has 0 radical (unpaired) electrons. The van der Waals surface area contributed by atoms with E-state index in [0.717, 1.165) is 48.5 Å². The van der Waals surface area contributed by atoms with E-state index in [9.17, 15) is 121 Å². The van der Waals surface area contributed by atoms with Crippen LogP contribution in [0.2, 0.25) is 0 Å². The lowest BCUT2D eigenvalue weighted by Gasteiger charge is -2.26. The lowest BCUT2D eigenvalue weighted by Crippen LogP contribution is -2.60. The summed E-state index contributed by atoms with van der Waals surface area (Å²) in [5.74, 6) is -27.2. The van der Waals surface area contributed by atoms with E-state index in [1.807, 2.05) is 0 Å². The molecule has 0 aromatic carbocycles. The van der Waals surface area contributed by atoms with Crippen molar-refractivity contribution in [1.29, 1.82) is 21.6 Å². The van der Waals surface area contributed by atoms with Crippen LogP contribution >= 0.6 is 0 Å². The van der Waals surface area contributed by atoms with Crippen LogP contribution in [-0.4, -0.2) is 291 Å². The zero-order valence-electron chi connectivity index (χ0n) is 67.3. The minimum atomic E-state index is -2.04. The van der Waals surface area contributed by atoms with Crippen LogP contribution in [0.15, 0.2) is 0 Å². The van der Waals surface area contributed by atoms with Gasteiger partial charge in [0.05, 0.1) is 25.7 Å². The first-order chi connectivity index (χ1) is 55.8. The molecular formula is C66H113N29O25. The van der Waals surface area contributed by atoms with Gasteiger partial charge in [0.2, 0.25) is 100 Å². The maximum Gasteiger partial charge on any atom is 0.305 e. The summed E-state index contributed by atoms with van der Waals surface area (Å²) in [6.45, 7) is 9.89. The van der Waals surface area contributed by atoms with Crippen molar-refractivity contribution < 1.29 is 121 Å². The molecule has 0 aliphatic rings. The Hall–Kier alpha value is -14.0. The number of aliphatic carboxylic acids is 4. The molecule has 0 aliphatic heterocycles. The molecule has 38 N–H and O–H groups in total. The summed E-state index contributed by atoms with van der Waals surface area (Å²) in [6, 6.07) is -26.4. The number of amides is 17. The number of nitrogens with one attached hydrogen (secondary N) is 24. The lowest BCUT2D eigenvalue weighted by molar-refractivity contribution is -0.142. The molecule has 120 heavy (non-hydrogen) atoms. The maximum absolute atomic E-state index is 14.0.